The molecule has 1 saturated heterocycles. The standard InChI is InChI=1S/C17H18F3N5O3S/c1-10-8-24-15(14(7-21-24)25-3-2-22-29(25,27)28)9-23(10)16(26)6-11-4-12(18)17(20)13(19)5-11/h4-5,7,10,22H,2-3,6,8-9H2,1H3/t10-/m0/s1. The maximum atomic E-state index is 13.4. The predicted molar refractivity (Wildman–Crippen MR) is 96.5 cm³/mol. The normalized spacial score (nSPS) is 20.8. The van der Waals surface area contributed by atoms with Crippen molar-refractivity contribution in [3.8, 4) is 0 Å². The number of hydrogen-bond acceptors (Lipinski definition) is 4. The van der Waals surface area contributed by atoms with Crippen molar-refractivity contribution in [2.75, 3.05) is 17.4 Å². The van der Waals surface area contributed by atoms with Gasteiger partial charge in [-0.05, 0) is 24.6 Å². The van der Waals surface area contributed by atoms with Crippen molar-refractivity contribution >= 4 is 21.8 Å². The first kappa shape index (κ1) is 19.7. The van der Waals surface area contributed by atoms with Crippen molar-refractivity contribution < 1.29 is 26.4 Å². The fourth-order valence-electron chi connectivity index (χ4n) is 3.64. The van der Waals surface area contributed by atoms with E-state index in [4.69, 9.17) is 0 Å². The summed E-state index contributed by atoms with van der Waals surface area (Å²) in [5.41, 5.74) is 0.961. The van der Waals surface area contributed by atoms with E-state index in [2.05, 4.69) is 9.82 Å². The Hall–Kier alpha value is -2.60. The molecule has 1 amide bonds. The van der Waals surface area contributed by atoms with Gasteiger partial charge in [0.2, 0.25) is 5.91 Å². The summed E-state index contributed by atoms with van der Waals surface area (Å²) in [6.45, 7) is 2.75. The maximum Gasteiger partial charge on any atom is 0.301 e. The van der Waals surface area contributed by atoms with Gasteiger partial charge in [0.25, 0.3) is 0 Å². The molecule has 0 unspecified atom stereocenters. The fourth-order valence-corrected chi connectivity index (χ4v) is 4.89. The largest absolute Gasteiger partial charge is 0.332 e. The van der Waals surface area contributed by atoms with Crippen LogP contribution >= 0.6 is 0 Å². The highest BCUT2D eigenvalue weighted by atomic mass is 32.2. The predicted octanol–water partition coefficient (Wildman–Crippen LogP) is 0.928. The van der Waals surface area contributed by atoms with Crippen molar-refractivity contribution in [2.45, 2.75) is 32.5 Å². The first-order valence-corrected chi connectivity index (χ1v) is 10.4. The molecule has 1 aromatic heterocycles. The molecule has 12 heteroatoms. The SMILES string of the molecule is C[C@H]1Cn2ncc(N3CCNS3(=O)=O)c2CN1C(=O)Cc1cc(F)c(F)c(F)c1. The van der Waals surface area contributed by atoms with E-state index in [0.29, 0.717) is 17.9 Å². The first-order valence-electron chi connectivity index (χ1n) is 8.92. The summed E-state index contributed by atoms with van der Waals surface area (Å²) in [5.74, 6) is -4.71. The second-order valence-electron chi connectivity index (χ2n) is 7.05. The molecule has 0 radical (unpaired) electrons. The Kier molecular flexibility index (Phi) is 4.77. The minimum Gasteiger partial charge on any atom is -0.332 e. The number of halogens is 3. The molecule has 0 aliphatic carbocycles. The van der Waals surface area contributed by atoms with E-state index < -0.39 is 33.6 Å². The molecule has 0 saturated carbocycles. The van der Waals surface area contributed by atoms with Crippen molar-refractivity contribution in [3.63, 3.8) is 0 Å². The third-order valence-electron chi connectivity index (χ3n) is 5.09. The van der Waals surface area contributed by atoms with Crippen LogP contribution in [-0.2, 0) is 34.5 Å². The van der Waals surface area contributed by atoms with E-state index in [1.54, 1.807) is 11.6 Å². The van der Waals surface area contributed by atoms with Crippen molar-refractivity contribution in [2.24, 2.45) is 0 Å². The Morgan fingerprint density at radius 3 is 2.59 bits per heavy atom. The van der Waals surface area contributed by atoms with E-state index in [1.807, 2.05) is 0 Å². The molecule has 2 aliphatic rings. The summed E-state index contributed by atoms with van der Waals surface area (Å²) >= 11 is 0. The molecule has 156 valence electrons. The van der Waals surface area contributed by atoms with E-state index in [-0.39, 0.29) is 37.7 Å². The number of hydrogen-bond donors (Lipinski definition) is 1. The van der Waals surface area contributed by atoms with Gasteiger partial charge in [0.1, 0.15) is 0 Å². The van der Waals surface area contributed by atoms with Gasteiger partial charge in [-0.25, -0.2) is 13.2 Å². The molecule has 2 aliphatic heterocycles. The van der Waals surface area contributed by atoms with Gasteiger partial charge in [0.05, 0.1) is 37.1 Å². The number of nitrogens with zero attached hydrogens (tertiary/aromatic N) is 4. The Morgan fingerprint density at radius 2 is 1.97 bits per heavy atom. The monoisotopic (exact) mass is 429 g/mol. The molecule has 1 N–H and O–H groups in total. The highest BCUT2D eigenvalue weighted by Crippen LogP contribution is 2.30. The summed E-state index contributed by atoms with van der Waals surface area (Å²) in [5, 5.41) is 4.23. The maximum absolute atomic E-state index is 13.4. The van der Waals surface area contributed by atoms with Crippen LogP contribution < -0.4 is 9.03 Å². The molecule has 3 heterocycles. The molecular formula is C17H18F3N5O3S. The Bertz CT molecular complexity index is 1060. The molecule has 0 spiro atoms. The first-order chi connectivity index (χ1) is 13.7. The van der Waals surface area contributed by atoms with Crippen LogP contribution in [0.2, 0.25) is 0 Å². The Morgan fingerprint density at radius 1 is 1.28 bits per heavy atom. The highest BCUT2D eigenvalue weighted by Gasteiger charge is 2.35. The highest BCUT2D eigenvalue weighted by molar-refractivity contribution is 7.91. The van der Waals surface area contributed by atoms with Gasteiger partial charge in [-0.3, -0.25) is 13.8 Å². The molecule has 1 aromatic carbocycles. The lowest BCUT2D eigenvalue weighted by molar-refractivity contribution is -0.134. The van der Waals surface area contributed by atoms with E-state index >= 15 is 0 Å². The summed E-state index contributed by atoms with van der Waals surface area (Å²) in [6.07, 6.45) is 1.14. The second-order valence-corrected chi connectivity index (χ2v) is 8.73. The zero-order chi connectivity index (χ0) is 20.9. The Balaban J connectivity index is 1.58. The Labute approximate surface area is 165 Å². The summed E-state index contributed by atoms with van der Waals surface area (Å²) in [6, 6.07) is 1.32. The number of nitrogens with one attached hydrogen (secondary N) is 1. The van der Waals surface area contributed by atoms with Crippen LogP contribution in [0.3, 0.4) is 0 Å². The fraction of sp³-hybridized carbons (Fsp3) is 0.412. The van der Waals surface area contributed by atoms with Crippen LogP contribution in [0.15, 0.2) is 18.3 Å². The number of anilines is 1. The summed E-state index contributed by atoms with van der Waals surface area (Å²) in [4.78, 5) is 14.3. The third-order valence-corrected chi connectivity index (χ3v) is 6.62. The lowest BCUT2D eigenvalue weighted by Crippen LogP contribution is -2.46. The number of aromatic nitrogens is 2. The molecular weight excluding hydrogens is 411 g/mol. The molecule has 4 rings (SSSR count). The van der Waals surface area contributed by atoms with Gasteiger partial charge in [-0.2, -0.15) is 18.2 Å². The minimum atomic E-state index is -3.65. The average molecular weight is 429 g/mol. The van der Waals surface area contributed by atoms with Crippen molar-refractivity contribution in [1.29, 1.82) is 0 Å². The van der Waals surface area contributed by atoms with Gasteiger partial charge >= 0.3 is 10.2 Å². The van der Waals surface area contributed by atoms with Crippen LogP contribution in [0.4, 0.5) is 18.9 Å². The molecule has 1 fully saturated rings. The number of rotatable bonds is 3. The van der Waals surface area contributed by atoms with Gasteiger partial charge in [0, 0.05) is 19.1 Å². The van der Waals surface area contributed by atoms with Gasteiger partial charge < -0.3 is 4.90 Å². The minimum absolute atomic E-state index is 0.0178. The van der Waals surface area contributed by atoms with E-state index in [1.165, 1.54) is 15.4 Å². The van der Waals surface area contributed by atoms with Crippen molar-refractivity contribution in [1.82, 2.24) is 19.4 Å². The van der Waals surface area contributed by atoms with Gasteiger partial charge in [-0.15, -0.1) is 0 Å². The topological polar surface area (TPSA) is 87.5 Å². The lowest BCUT2D eigenvalue weighted by atomic mass is 10.1. The lowest BCUT2D eigenvalue weighted by Gasteiger charge is -2.35. The molecule has 8 nitrogen and oxygen atoms in total. The molecule has 1 atom stereocenters. The summed E-state index contributed by atoms with van der Waals surface area (Å²) < 4.78 is 69.6. The second kappa shape index (κ2) is 7.02. The summed E-state index contributed by atoms with van der Waals surface area (Å²) in [7, 11) is -3.65. The average Bonchev–Trinajstić information content (AvgIpc) is 3.20. The molecule has 2 aromatic rings. The van der Waals surface area contributed by atoms with Crippen LogP contribution in [0.25, 0.3) is 0 Å². The van der Waals surface area contributed by atoms with Crippen LogP contribution in [0.1, 0.15) is 18.2 Å². The third kappa shape index (κ3) is 3.46. The smallest absolute Gasteiger partial charge is 0.301 e. The zero-order valence-electron chi connectivity index (χ0n) is 15.4. The van der Waals surface area contributed by atoms with Crippen LogP contribution in [-0.4, -0.2) is 48.1 Å². The number of benzene rings is 1. The van der Waals surface area contributed by atoms with Crippen LogP contribution in [0, 0.1) is 17.5 Å². The molecule has 29 heavy (non-hydrogen) atoms. The quantitative estimate of drug-likeness (QED) is 0.736. The van der Waals surface area contributed by atoms with E-state index in [0.717, 1.165) is 12.1 Å². The number of amides is 1. The number of carbonyl (C=O) groups is 1. The molecule has 0 bridgehead atoms. The van der Waals surface area contributed by atoms with E-state index in [9.17, 15) is 26.4 Å². The zero-order valence-corrected chi connectivity index (χ0v) is 16.2. The number of carbonyl (C=O) groups excluding carboxylic acids is 1. The number of fused-ring (bicyclic) bond motifs is 1. The van der Waals surface area contributed by atoms with Crippen LogP contribution in [0.5, 0.6) is 0 Å². The van der Waals surface area contributed by atoms with Gasteiger partial charge in [-0.1, -0.05) is 0 Å². The van der Waals surface area contributed by atoms with Gasteiger partial charge in [0.15, 0.2) is 17.5 Å². The van der Waals surface area contributed by atoms with Crippen molar-refractivity contribution in [3.05, 3.63) is 47.0 Å².